The number of H-pyrrole nitrogens is 1. The number of carbonyl (C=O) groups is 2. The molecule has 0 radical (unpaired) electrons. The van der Waals surface area contributed by atoms with E-state index < -0.39 is 17.8 Å². The van der Waals surface area contributed by atoms with Crippen molar-refractivity contribution in [3.63, 3.8) is 0 Å². The van der Waals surface area contributed by atoms with Crippen molar-refractivity contribution in [1.29, 1.82) is 0 Å². The lowest BCUT2D eigenvalue weighted by Crippen LogP contribution is -2.67. The summed E-state index contributed by atoms with van der Waals surface area (Å²) in [6.07, 6.45) is 0. The normalized spacial score (nSPS) is 23.7. The molecule has 0 spiro atoms. The van der Waals surface area contributed by atoms with E-state index in [0.29, 0.717) is 5.82 Å². The van der Waals surface area contributed by atoms with E-state index in [1.54, 1.807) is 4.90 Å². The van der Waals surface area contributed by atoms with Gasteiger partial charge in [-0.2, -0.15) is 0 Å². The van der Waals surface area contributed by atoms with E-state index in [1.807, 2.05) is 13.8 Å². The van der Waals surface area contributed by atoms with Gasteiger partial charge in [0.2, 0.25) is 5.91 Å². The van der Waals surface area contributed by atoms with Crippen LogP contribution in [0.5, 0.6) is 0 Å². The first-order valence-corrected chi connectivity index (χ1v) is 10.9. The molecular formula is C19H17ClFN7O3S. The molecule has 4 heterocycles. The molecule has 3 atom stereocenters. The van der Waals surface area contributed by atoms with Crippen LogP contribution in [-0.2, 0) is 4.79 Å². The van der Waals surface area contributed by atoms with Crippen LogP contribution in [0.25, 0.3) is 11.3 Å². The highest BCUT2D eigenvalue weighted by Crippen LogP contribution is 2.56. The standard InChI is InChI=1S/C19H17ClFN7O3S/c1-7-10(12(25-31-7)11-8(20)5-4-6-9(11)21)16(29)22-13-17(30)28-14(15-23-26-27-24-15)19(2,3)32-18(13)28/h4-6,13-14,18H,1-3H3,(H,22,29)(H,23,24,26,27)/t13?,14?,18-/m1/s1. The van der Waals surface area contributed by atoms with E-state index in [2.05, 4.69) is 31.1 Å². The molecule has 2 unspecified atom stereocenters. The van der Waals surface area contributed by atoms with E-state index in [-0.39, 0.29) is 49.7 Å². The molecule has 0 aliphatic carbocycles. The lowest BCUT2D eigenvalue weighted by molar-refractivity contribution is -0.148. The van der Waals surface area contributed by atoms with Gasteiger partial charge in [-0.25, -0.2) is 9.49 Å². The van der Waals surface area contributed by atoms with Crippen LogP contribution < -0.4 is 5.32 Å². The Balaban J connectivity index is 1.42. The Kier molecular flexibility index (Phi) is 4.75. The third-order valence-corrected chi connectivity index (χ3v) is 7.52. The molecule has 0 saturated carbocycles. The molecule has 2 aliphatic heterocycles. The number of aromatic amines is 1. The van der Waals surface area contributed by atoms with E-state index in [4.69, 9.17) is 16.1 Å². The smallest absolute Gasteiger partial charge is 0.257 e. The molecule has 2 aliphatic rings. The number of fused-ring (bicyclic) bond motifs is 1. The number of thioether (sulfide) groups is 1. The number of rotatable bonds is 4. The Morgan fingerprint density at radius 1 is 1.41 bits per heavy atom. The number of tetrazole rings is 1. The molecule has 3 aromatic rings. The zero-order chi connectivity index (χ0) is 22.8. The quantitative estimate of drug-likeness (QED) is 0.548. The Hall–Kier alpha value is -2.99. The van der Waals surface area contributed by atoms with Gasteiger partial charge in [-0.3, -0.25) is 9.59 Å². The maximum absolute atomic E-state index is 14.4. The minimum atomic E-state index is -0.772. The number of amides is 2. The van der Waals surface area contributed by atoms with Crippen molar-refractivity contribution in [2.24, 2.45) is 0 Å². The van der Waals surface area contributed by atoms with Crippen LogP contribution in [0, 0.1) is 12.7 Å². The number of aromatic nitrogens is 5. The van der Waals surface area contributed by atoms with Crippen molar-refractivity contribution >= 4 is 35.2 Å². The zero-order valence-corrected chi connectivity index (χ0v) is 18.7. The van der Waals surface area contributed by atoms with Gasteiger partial charge in [-0.05, 0) is 43.3 Å². The number of carbonyl (C=O) groups excluding carboxylic acids is 2. The van der Waals surface area contributed by atoms with Crippen molar-refractivity contribution in [1.82, 2.24) is 36.0 Å². The molecule has 13 heteroatoms. The van der Waals surface area contributed by atoms with Crippen molar-refractivity contribution in [3.8, 4) is 11.3 Å². The summed E-state index contributed by atoms with van der Waals surface area (Å²) >= 11 is 7.69. The van der Waals surface area contributed by atoms with Gasteiger partial charge in [0.15, 0.2) is 5.82 Å². The molecule has 166 valence electrons. The average molecular weight is 478 g/mol. The molecule has 10 nitrogen and oxygen atoms in total. The Bertz CT molecular complexity index is 1210. The molecule has 2 N–H and O–H groups in total. The summed E-state index contributed by atoms with van der Waals surface area (Å²) < 4.78 is 19.2. The van der Waals surface area contributed by atoms with Crippen LogP contribution in [0.3, 0.4) is 0 Å². The van der Waals surface area contributed by atoms with Crippen LogP contribution in [-0.4, -0.2) is 58.7 Å². The number of nitrogens with one attached hydrogen (secondary N) is 2. The van der Waals surface area contributed by atoms with Gasteiger partial charge in [0.05, 0.1) is 10.6 Å². The van der Waals surface area contributed by atoms with Crippen LogP contribution in [0.15, 0.2) is 22.7 Å². The van der Waals surface area contributed by atoms with Crippen molar-refractivity contribution in [3.05, 3.63) is 46.2 Å². The number of nitrogens with zero attached hydrogens (tertiary/aromatic N) is 5. The van der Waals surface area contributed by atoms with Crippen LogP contribution >= 0.6 is 23.4 Å². The van der Waals surface area contributed by atoms with Crippen LogP contribution in [0.2, 0.25) is 5.02 Å². The third-order valence-electron chi connectivity index (χ3n) is 5.64. The van der Waals surface area contributed by atoms with Gasteiger partial charge in [-0.1, -0.05) is 22.8 Å². The highest BCUT2D eigenvalue weighted by atomic mass is 35.5. The SMILES string of the molecule is Cc1onc(-c2c(F)cccc2Cl)c1C(=O)NC1C(=O)N2C(c3nnn[nH]3)C(C)(C)S[C@H]12. The van der Waals surface area contributed by atoms with Crippen molar-refractivity contribution in [2.75, 3.05) is 0 Å². The van der Waals surface area contributed by atoms with Gasteiger partial charge in [-0.15, -0.1) is 16.9 Å². The fourth-order valence-corrected chi connectivity index (χ4v) is 6.11. The summed E-state index contributed by atoms with van der Waals surface area (Å²) in [5.74, 6) is -0.830. The highest BCUT2D eigenvalue weighted by molar-refractivity contribution is 8.01. The topological polar surface area (TPSA) is 130 Å². The van der Waals surface area contributed by atoms with Gasteiger partial charge in [0.25, 0.3) is 5.91 Å². The van der Waals surface area contributed by atoms with Crippen LogP contribution in [0.4, 0.5) is 4.39 Å². The summed E-state index contributed by atoms with van der Waals surface area (Å²) in [4.78, 5) is 27.8. The summed E-state index contributed by atoms with van der Waals surface area (Å²) in [5.41, 5.74) is -0.0229. The predicted octanol–water partition coefficient (Wildman–Crippen LogP) is 2.49. The van der Waals surface area contributed by atoms with Crippen molar-refractivity contribution in [2.45, 2.75) is 43.0 Å². The first kappa shape index (κ1) is 20.9. The molecule has 0 bridgehead atoms. The molecule has 5 rings (SSSR count). The Morgan fingerprint density at radius 3 is 2.88 bits per heavy atom. The summed E-state index contributed by atoms with van der Waals surface area (Å²) in [7, 11) is 0. The largest absolute Gasteiger partial charge is 0.360 e. The first-order chi connectivity index (χ1) is 15.2. The van der Waals surface area contributed by atoms with Gasteiger partial charge in [0, 0.05) is 4.75 Å². The second kappa shape index (κ2) is 7.27. The summed E-state index contributed by atoms with van der Waals surface area (Å²) in [6.45, 7) is 5.50. The maximum Gasteiger partial charge on any atom is 0.257 e. The Morgan fingerprint density at radius 2 is 2.19 bits per heavy atom. The monoisotopic (exact) mass is 477 g/mol. The number of halogens is 2. The predicted molar refractivity (Wildman–Crippen MR) is 112 cm³/mol. The summed E-state index contributed by atoms with van der Waals surface area (Å²) in [5, 5.41) is 20.3. The second-order valence-electron chi connectivity index (χ2n) is 8.06. The molecule has 2 aromatic heterocycles. The zero-order valence-electron chi connectivity index (χ0n) is 17.1. The number of hydrogen-bond acceptors (Lipinski definition) is 8. The average Bonchev–Trinajstić information content (AvgIpc) is 3.43. The third kappa shape index (κ3) is 3.00. The molecule has 2 amide bonds. The van der Waals surface area contributed by atoms with E-state index in [9.17, 15) is 14.0 Å². The van der Waals surface area contributed by atoms with Crippen LogP contribution in [0.1, 0.15) is 41.8 Å². The number of aryl methyl sites for hydroxylation is 1. The molecule has 2 saturated heterocycles. The highest BCUT2D eigenvalue weighted by Gasteiger charge is 2.63. The lowest BCUT2D eigenvalue weighted by atomic mass is 9.95. The Labute approximate surface area is 190 Å². The molecule has 1 aromatic carbocycles. The maximum atomic E-state index is 14.4. The lowest BCUT2D eigenvalue weighted by Gasteiger charge is -2.44. The van der Waals surface area contributed by atoms with E-state index >= 15 is 0 Å². The fourth-order valence-electron chi connectivity index (χ4n) is 4.22. The summed E-state index contributed by atoms with van der Waals surface area (Å²) in [6, 6.07) is 3.03. The van der Waals surface area contributed by atoms with Crippen molar-refractivity contribution < 1.29 is 18.5 Å². The minimum Gasteiger partial charge on any atom is -0.360 e. The number of β-lactam (4-membered cyclic amide) rings is 1. The molecule has 2 fully saturated rings. The van der Waals surface area contributed by atoms with Gasteiger partial charge < -0.3 is 14.7 Å². The number of benzene rings is 1. The van der Waals surface area contributed by atoms with E-state index in [0.717, 1.165) is 0 Å². The van der Waals surface area contributed by atoms with Gasteiger partial charge >= 0.3 is 0 Å². The second-order valence-corrected chi connectivity index (χ2v) is 10.2. The number of hydrogen-bond donors (Lipinski definition) is 2. The fraction of sp³-hybridized carbons (Fsp3) is 0.368. The van der Waals surface area contributed by atoms with E-state index in [1.165, 1.54) is 36.9 Å². The first-order valence-electron chi connectivity index (χ1n) is 9.66. The molecule has 32 heavy (non-hydrogen) atoms. The minimum absolute atomic E-state index is 0.0169. The molecular weight excluding hydrogens is 461 g/mol. The van der Waals surface area contributed by atoms with Gasteiger partial charge in [0.1, 0.15) is 40.3 Å².